The molecule has 1 aromatic carbocycles. The highest BCUT2D eigenvalue weighted by atomic mass is 35.5. The van der Waals surface area contributed by atoms with Gasteiger partial charge in [-0.1, -0.05) is 29.8 Å². The number of nitrogens with zero attached hydrogens (tertiary/aromatic N) is 3. The quantitative estimate of drug-likeness (QED) is 0.884. The lowest BCUT2D eigenvalue weighted by Gasteiger charge is -2.08. The van der Waals surface area contributed by atoms with Crippen molar-refractivity contribution in [3.63, 3.8) is 0 Å². The maximum absolute atomic E-state index is 11.8. The molecule has 2 N–H and O–H groups in total. The molecule has 0 aliphatic carbocycles. The molecule has 3 rings (SSSR count). The second-order valence-corrected chi connectivity index (χ2v) is 5.65. The summed E-state index contributed by atoms with van der Waals surface area (Å²) in [5, 5.41) is 14.6. The molecule has 1 aliphatic heterocycles. The van der Waals surface area contributed by atoms with Crippen molar-refractivity contribution in [1.29, 1.82) is 0 Å². The Morgan fingerprint density at radius 1 is 1.27 bits per heavy atom. The lowest BCUT2D eigenvalue weighted by atomic mass is 10.2. The van der Waals surface area contributed by atoms with Crippen LogP contribution in [0.25, 0.3) is 0 Å². The van der Waals surface area contributed by atoms with Crippen molar-refractivity contribution in [3.8, 4) is 0 Å². The standard InChI is InChI=1S/C15H18ClN5O/c16-12-5-2-1-4-11(12)10-18-15(22)17-8-7-14-20-19-13-6-3-9-21(13)14/h1-2,4-5H,3,6-10H2,(H2,17,18,22). The number of carbonyl (C=O) groups is 1. The molecule has 0 spiro atoms. The van der Waals surface area contributed by atoms with E-state index >= 15 is 0 Å². The molecule has 1 aromatic heterocycles. The van der Waals surface area contributed by atoms with Crippen molar-refractivity contribution >= 4 is 17.6 Å². The Balaban J connectivity index is 1.42. The molecule has 2 heterocycles. The van der Waals surface area contributed by atoms with Gasteiger partial charge in [0.1, 0.15) is 11.6 Å². The number of benzene rings is 1. The molecule has 7 heteroatoms. The Kier molecular flexibility index (Phi) is 4.58. The minimum atomic E-state index is -0.207. The fourth-order valence-electron chi connectivity index (χ4n) is 2.56. The van der Waals surface area contributed by atoms with E-state index in [2.05, 4.69) is 25.4 Å². The molecule has 2 aromatic rings. The molecule has 0 bridgehead atoms. The van der Waals surface area contributed by atoms with Crippen molar-refractivity contribution in [1.82, 2.24) is 25.4 Å². The van der Waals surface area contributed by atoms with Crippen molar-refractivity contribution in [2.75, 3.05) is 6.54 Å². The maximum Gasteiger partial charge on any atom is 0.315 e. The Morgan fingerprint density at radius 2 is 2.14 bits per heavy atom. The largest absolute Gasteiger partial charge is 0.338 e. The summed E-state index contributed by atoms with van der Waals surface area (Å²) in [4.78, 5) is 11.8. The first-order chi connectivity index (χ1) is 10.7. The molecular formula is C15H18ClN5O. The van der Waals surface area contributed by atoms with Crippen LogP contribution in [-0.2, 0) is 25.9 Å². The molecule has 22 heavy (non-hydrogen) atoms. The monoisotopic (exact) mass is 319 g/mol. The average molecular weight is 320 g/mol. The predicted molar refractivity (Wildman–Crippen MR) is 83.7 cm³/mol. The summed E-state index contributed by atoms with van der Waals surface area (Å²) in [6, 6.07) is 7.25. The van der Waals surface area contributed by atoms with E-state index in [1.807, 2.05) is 24.3 Å². The van der Waals surface area contributed by atoms with Crippen LogP contribution in [0, 0.1) is 0 Å². The smallest absolute Gasteiger partial charge is 0.315 e. The maximum atomic E-state index is 11.8. The van der Waals surface area contributed by atoms with Crippen LogP contribution in [0.1, 0.15) is 23.6 Å². The van der Waals surface area contributed by atoms with Crippen molar-refractivity contribution in [2.45, 2.75) is 32.4 Å². The van der Waals surface area contributed by atoms with Gasteiger partial charge in [0.25, 0.3) is 0 Å². The lowest BCUT2D eigenvalue weighted by molar-refractivity contribution is 0.240. The van der Waals surface area contributed by atoms with Gasteiger partial charge >= 0.3 is 6.03 Å². The van der Waals surface area contributed by atoms with Crippen LogP contribution in [0.2, 0.25) is 5.02 Å². The molecule has 6 nitrogen and oxygen atoms in total. The Morgan fingerprint density at radius 3 is 3.00 bits per heavy atom. The summed E-state index contributed by atoms with van der Waals surface area (Å²) in [6.45, 7) is 1.93. The average Bonchev–Trinajstić information content (AvgIpc) is 3.11. The molecule has 0 radical (unpaired) electrons. The van der Waals surface area contributed by atoms with Crippen molar-refractivity contribution < 1.29 is 4.79 Å². The van der Waals surface area contributed by atoms with Gasteiger partial charge in [-0.05, 0) is 18.1 Å². The van der Waals surface area contributed by atoms with Gasteiger partial charge in [-0.3, -0.25) is 0 Å². The van der Waals surface area contributed by atoms with Crippen LogP contribution in [0.15, 0.2) is 24.3 Å². The van der Waals surface area contributed by atoms with Gasteiger partial charge in [0.15, 0.2) is 0 Å². The Hall–Kier alpha value is -2.08. The Labute approximate surface area is 133 Å². The summed E-state index contributed by atoms with van der Waals surface area (Å²) >= 11 is 6.04. The molecule has 2 amide bonds. The van der Waals surface area contributed by atoms with E-state index < -0.39 is 0 Å². The number of carbonyl (C=O) groups excluding carboxylic acids is 1. The predicted octanol–water partition coefficient (Wildman–Crippen LogP) is 1.92. The second kappa shape index (κ2) is 6.79. The van der Waals surface area contributed by atoms with E-state index in [0.717, 1.165) is 36.6 Å². The van der Waals surface area contributed by atoms with Crippen LogP contribution in [0.4, 0.5) is 4.79 Å². The minimum absolute atomic E-state index is 0.207. The van der Waals surface area contributed by atoms with Gasteiger partial charge in [-0.15, -0.1) is 10.2 Å². The van der Waals surface area contributed by atoms with Crippen LogP contribution < -0.4 is 10.6 Å². The van der Waals surface area contributed by atoms with E-state index in [4.69, 9.17) is 11.6 Å². The number of rotatable bonds is 5. The molecule has 1 aliphatic rings. The third-order valence-electron chi connectivity index (χ3n) is 3.72. The van der Waals surface area contributed by atoms with Crippen LogP contribution >= 0.6 is 11.6 Å². The number of amides is 2. The number of hydrogen-bond acceptors (Lipinski definition) is 3. The van der Waals surface area contributed by atoms with Crippen LogP contribution in [-0.4, -0.2) is 27.3 Å². The first kappa shape index (κ1) is 14.8. The Bertz CT molecular complexity index is 670. The highest BCUT2D eigenvalue weighted by molar-refractivity contribution is 6.31. The summed E-state index contributed by atoms with van der Waals surface area (Å²) in [5.74, 6) is 2.00. The van der Waals surface area contributed by atoms with Crippen molar-refractivity contribution in [2.24, 2.45) is 0 Å². The van der Waals surface area contributed by atoms with Gasteiger partial charge < -0.3 is 15.2 Å². The fraction of sp³-hybridized carbons (Fsp3) is 0.400. The number of aryl methyl sites for hydroxylation is 1. The van der Waals surface area contributed by atoms with E-state index in [1.165, 1.54) is 0 Å². The molecule has 116 valence electrons. The van der Waals surface area contributed by atoms with E-state index in [1.54, 1.807) is 0 Å². The molecule has 0 saturated carbocycles. The van der Waals surface area contributed by atoms with E-state index in [9.17, 15) is 4.79 Å². The van der Waals surface area contributed by atoms with E-state index in [-0.39, 0.29) is 6.03 Å². The summed E-state index contributed by atoms with van der Waals surface area (Å²) in [6.07, 6.45) is 2.81. The third-order valence-corrected chi connectivity index (χ3v) is 4.09. The highest BCUT2D eigenvalue weighted by Crippen LogP contribution is 2.14. The molecule has 0 atom stereocenters. The summed E-state index contributed by atoms with van der Waals surface area (Å²) in [7, 11) is 0. The van der Waals surface area contributed by atoms with Gasteiger partial charge in [0.2, 0.25) is 0 Å². The number of fused-ring (bicyclic) bond motifs is 1. The third kappa shape index (κ3) is 3.39. The zero-order valence-electron chi connectivity index (χ0n) is 12.2. The highest BCUT2D eigenvalue weighted by Gasteiger charge is 2.16. The van der Waals surface area contributed by atoms with Gasteiger partial charge in [-0.25, -0.2) is 4.79 Å². The first-order valence-electron chi connectivity index (χ1n) is 7.40. The minimum Gasteiger partial charge on any atom is -0.338 e. The van der Waals surface area contributed by atoms with Crippen molar-refractivity contribution in [3.05, 3.63) is 46.5 Å². The summed E-state index contributed by atoms with van der Waals surface area (Å²) < 4.78 is 2.14. The summed E-state index contributed by atoms with van der Waals surface area (Å²) in [5.41, 5.74) is 0.898. The number of nitrogens with one attached hydrogen (secondary N) is 2. The SMILES string of the molecule is O=C(NCCc1nnc2n1CCC2)NCc1ccccc1Cl. The fourth-order valence-corrected chi connectivity index (χ4v) is 2.77. The van der Waals surface area contributed by atoms with Crippen LogP contribution in [0.5, 0.6) is 0 Å². The molecule has 0 fully saturated rings. The number of halogens is 1. The van der Waals surface area contributed by atoms with Gasteiger partial charge in [0.05, 0.1) is 0 Å². The first-order valence-corrected chi connectivity index (χ1v) is 7.78. The number of hydrogen-bond donors (Lipinski definition) is 2. The topological polar surface area (TPSA) is 71.8 Å². The normalized spacial score (nSPS) is 13.0. The molecule has 0 saturated heterocycles. The van der Waals surface area contributed by atoms with Gasteiger partial charge in [0, 0.05) is 37.5 Å². The van der Waals surface area contributed by atoms with Gasteiger partial charge in [-0.2, -0.15) is 0 Å². The van der Waals surface area contributed by atoms with Crippen LogP contribution in [0.3, 0.4) is 0 Å². The molecular weight excluding hydrogens is 302 g/mol. The lowest BCUT2D eigenvalue weighted by Crippen LogP contribution is -2.36. The second-order valence-electron chi connectivity index (χ2n) is 5.24. The zero-order valence-corrected chi connectivity index (χ0v) is 12.9. The van der Waals surface area contributed by atoms with E-state index in [0.29, 0.717) is 24.5 Å². The number of aromatic nitrogens is 3. The molecule has 0 unspecified atom stereocenters. The number of urea groups is 1. The zero-order chi connectivity index (χ0) is 15.4.